The number of nitrogens with zero attached hydrogens (tertiary/aromatic N) is 1. The van der Waals surface area contributed by atoms with Crippen molar-refractivity contribution in [1.29, 1.82) is 0 Å². The van der Waals surface area contributed by atoms with Gasteiger partial charge in [0.25, 0.3) is 0 Å². The quantitative estimate of drug-likeness (QED) is 0.527. The fourth-order valence-electron chi connectivity index (χ4n) is 4.02. The SMILES string of the molecule is C#C[C@@]1(OC(C)=O)CCC[C@H]2N(C)CCC[C@@]21C. The van der Waals surface area contributed by atoms with Crippen LogP contribution in [0.1, 0.15) is 46.0 Å². The van der Waals surface area contributed by atoms with Gasteiger partial charge in [0.15, 0.2) is 5.60 Å². The van der Waals surface area contributed by atoms with Gasteiger partial charge in [0.1, 0.15) is 0 Å². The van der Waals surface area contributed by atoms with E-state index >= 15 is 0 Å². The monoisotopic (exact) mass is 249 g/mol. The van der Waals surface area contributed by atoms with Crippen molar-refractivity contribution in [2.45, 2.75) is 57.6 Å². The molecular formula is C15H23NO2. The zero-order valence-corrected chi connectivity index (χ0v) is 11.7. The molecule has 18 heavy (non-hydrogen) atoms. The van der Waals surface area contributed by atoms with E-state index in [1.54, 1.807) is 0 Å². The number of carbonyl (C=O) groups is 1. The van der Waals surface area contributed by atoms with E-state index in [-0.39, 0.29) is 11.4 Å². The lowest BCUT2D eigenvalue weighted by Crippen LogP contribution is -2.63. The number of esters is 1. The molecule has 0 N–H and O–H groups in total. The summed E-state index contributed by atoms with van der Waals surface area (Å²) in [6.45, 7) is 4.77. The van der Waals surface area contributed by atoms with Crippen molar-refractivity contribution in [1.82, 2.24) is 4.90 Å². The second kappa shape index (κ2) is 4.59. The number of likely N-dealkylation sites (tertiary alicyclic amines) is 1. The highest BCUT2D eigenvalue weighted by atomic mass is 16.6. The van der Waals surface area contributed by atoms with E-state index in [1.807, 2.05) is 0 Å². The predicted octanol–water partition coefficient (Wildman–Crippen LogP) is 2.21. The fourth-order valence-corrected chi connectivity index (χ4v) is 4.02. The van der Waals surface area contributed by atoms with Gasteiger partial charge >= 0.3 is 5.97 Å². The molecule has 2 rings (SSSR count). The molecule has 0 amide bonds. The molecule has 3 heteroatoms. The van der Waals surface area contributed by atoms with Gasteiger partial charge in [0.2, 0.25) is 0 Å². The molecule has 100 valence electrons. The van der Waals surface area contributed by atoms with E-state index in [0.29, 0.717) is 6.04 Å². The Hall–Kier alpha value is -1.01. The van der Waals surface area contributed by atoms with Crippen molar-refractivity contribution in [3.63, 3.8) is 0 Å². The summed E-state index contributed by atoms with van der Waals surface area (Å²) in [5, 5.41) is 0. The number of fused-ring (bicyclic) bond motifs is 1. The molecule has 1 aliphatic heterocycles. The number of carbonyl (C=O) groups excluding carboxylic acids is 1. The minimum absolute atomic E-state index is 0.112. The van der Waals surface area contributed by atoms with E-state index < -0.39 is 5.60 Å². The third kappa shape index (κ3) is 1.83. The number of ether oxygens (including phenoxy) is 1. The predicted molar refractivity (Wildman–Crippen MR) is 70.9 cm³/mol. The van der Waals surface area contributed by atoms with Crippen molar-refractivity contribution in [3.05, 3.63) is 0 Å². The second-order valence-corrected chi connectivity index (χ2v) is 5.97. The molecule has 0 aromatic heterocycles. The summed E-state index contributed by atoms with van der Waals surface area (Å²) in [6.07, 6.45) is 10.9. The zero-order valence-electron chi connectivity index (χ0n) is 11.7. The summed E-state index contributed by atoms with van der Waals surface area (Å²) in [6, 6.07) is 0.426. The third-order valence-corrected chi connectivity index (χ3v) is 4.95. The Labute approximate surface area is 110 Å². The summed E-state index contributed by atoms with van der Waals surface area (Å²) in [5.74, 6) is 2.58. The van der Waals surface area contributed by atoms with Gasteiger partial charge in [-0.25, -0.2) is 0 Å². The lowest BCUT2D eigenvalue weighted by atomic mass is 9.57. The lowest BCUT2D eigenvalue weighted by molar-refractivity contribution is -0.182. The summed E-state index contributed by atoms with van der Waals surface area (Å²) in [7, 11) is 2.16. The van der Waals surface area contributed by atoms with Crippen LogP contribution in [-0.2, 0) is 9.53 Å². The lowest BCUT2D eigenvalue weighted by Gasteiger charge is -2.57. The van der Waals surface area contributed by atoms with Gasteiger partial charge in [-0.15, -0.1) is 6.42 Å². The normalized spacial score (nSPS) is 40.7. The smallest absolute Gasteiger partial charge is 0.304 e. The Morgan fingerprint density at radius 2 is 2.17 bits per heavy atom. The minimum atomic E-state index is -0.712. The van der Waals surface area contributed by atoms with E-state index in [1.165, 1.54) is 6.92 Å². The van der Waals surface area contributed by atoms with Crippen LogP contribution in [0.2, 0.25) is 0 Å². The number of hydrogen-bond donors (Lipinski definition) is 0. The average molecular weight is 249 g/mol. The van der Waals surface area contributed by atoms with Crippen LogP contribution in [-0.4, -0.2) is 36.1 Å². The summed E-state index contributed by atoms with van der Waals surface area (Å²) >= 11 is 0. The van der Waals surface area contributed by atoms with Crippen LogP contribution in [0.3, 0.4) is 0 Å². The largest absolute Gasteiger partial charge is 0.445 e. The van der Waals surface area contributed by atoms with Crippen LogP contribution in [0.4, 0.5) is 0 Å². The number of rotatable bonds is 1. The zero-order chi connectivity index (χ0) is 13.4. The average Bonchev–Trinajstić information content (AvgIpc) is 2.30. The molecule has 1 saturated carbocycles. The maximum atomic E-state index is 11.4. The number of piperidine rings is 1. The Morgan fingerprint density at radius 1 is 1.44 bits per heavy atom. The van der Waals surface area contributed by atoms with Crippen molar-refractivity contribution in [2.24, 2.45) is 5.41 Å². The van der Waals surface area contributed by atoms with Crippen LogP contribution in [0.25, 0.3) is 0 Å². The van der Waals surface area contributed by atoms with Crippen LogP contribution in [0, 0.1) is 17.8 Å². The van der Waals surface area contributed by atoms with Gasteiger partial charge in [-0.3, -0.25) is 4.79 Å². The Balaban J connectivity index is 2.39. The Morgan fingerprint density at radius 3 is 2.78 bits per heavy atom. The van der Waals surface area contributed by atoms with Crippen LogP contribution in [0.15, 0.2) is 0 Å². The maximum Gasteiger partial charge on any atom is 0.304 e. The van der Waals surface area contributed by atoms with Crippen LogP contribution >= 0.6 is 0 Å². The molecule has 1 heterocycles. The van der Waals surface area contributed by atoms with Gasteiger partial charge < -0.3 is 9.64 Å². The molecule has 0 unspecified atom stereocenters. The van der Waals surface area contributed by atoms with Crippen LogP contribution < -0.4 is 0 Å². The topological polar surface area (TPSA) is 29.5 Å². The molecule has 0 aromatic rings. The number of hydrogen-bond acceptors (Lipinski definition) is 3. The maximum absolute atomic E-state index is 11.4. The molecule has 0 radical (unpaired) electrons. The molecule has 1 aliphatic carbocycles. The van der Waals surface area contributed by atoms with Crippen molar-refractivity contribution in [2.75, 3.05) is 13.6 Å². The first-order valence-electron chi connectivity index (χ1n) is 6.83. The van der Waals surface area contributed by atoms with Crippen LogP contribution in [0.5, 0.6) is 0 Å². The summed E-state index contributed by atoms with van der Waals surface area (Å²) in [5.41, 5.74) is -0.824. The molecular weight excluding hydrogens is 226 g/mol. The molecule has 2 aliphatic rings. The van der Waals surface area contributed by atoms with Gasteiger partial charge in [0, 0.05) is 18.4 Å². The van der Waals surface area contributed by atoms with Gasteiger partial charge in [-0.1, -0.05) is 12.8 Å². The van der Waals surface area contributed by atoms with E-state index in [0.717, 1.165) is 38.6 Å². The highest BCUT2D eigenvalue weighted by Crippen LogP contribution is 2.52. The van der Waals surface area contributed by atoms with Crippen molar-refractivity contribution >= 4 is 5.97 Å². The molecule has 0 bridgehead atoms. The van der Waals surface area contributed by atoms with Gasteiger partial charge in [-0.2, -0.15) is 0 Å². The van der Waals surface area contributed by atoms with Crippen molar-refractivity contribution < 1.29 is 9.53 Å². The first kappa shape index (κ1) is 13.4. The summed E-state index contributed by atoms with van der Waals surface area (Å²) < 4.78 is 5.65. The molecule has 0 spiro atoms. The fraction of sp³-hybridized carbons (Fsp3) is 0.800. The first-order valence-corrected chi connectivity index (χ1v) is 6.83. The highest BCUT2D eigenvalue weighted by Gasteiger charge is 2.58. The summed E-state index contributed by atoms with van der Waals surface area (Å²) in [4.78, 5) is 13.8. The molecule has 3 atom stereocenters. The highest BCUT2D eigenvalue weighted by molar-refractivity contribution is 5.67. The molecule has 2 fully saturated rings. The standard InChI is InChI=1S/C15H23NO2/c1-5-15(18-12(2)17)10-6-8-13-14(15,3)9-7-11-16(13)4/h1,13H,6-11H2,2-4H3/t13-,14+,15-/m1/s1. The minimum Gasteiger partial charge on any atom is -0.445 e. The van der Waals surface area contributed by atoms with E-state index in [2.05, 4.69) is 24.8 Å². The first-order chi connectivity index (χ1) is 8.45. The van der Waals surface area contributed by atoms with Gasteiger partial charge in [0.05, 0.1) is 0 Å². The number of terminal acetylenes is 1. The van der Waals surface area contributed by atoms with E-state index in [4.69, 9.17) is 11.2 Å². The molecule has 1 saturated heterocycles. The van der Waals surface area contributed by atoms with Gasteiger partial charge in [-0.05, 0) is 45.7 Å². The second-order valence-electron chi connectivity index (χ2n) is 5.97. The molecule has 3 nitrogen and oxygen atoms in total. The van der Waals surface area contributed by atoms with Crippen molar-refractivity contribution in [3.8, 4) is 12.3 Å². The Kier molecular flexibility index (Phi) is 3.42. The van der Waals surface area contributed by atoms with E-state index in [9.17, 15) is 4.79 Å². The third-order valence-electron chi connectivity index (χ3n) is 4.95. The molecule has 0 aromatic carbocycles. The Bertz CT molecular complexity index is 386.